The van der Waals surface area contributed by atoms with Gasteiger partial charge in [0.15, 0.2) is 0 Å². The number of rotatable bonds is 3. The number of carbonyl (C=O) groups excluding carboxylic acids is 1. The lowest BCUT2D eigenvalue weighted by atomic mass is 9.86. The number of benzene rings is 1. The molecule has 1 aromatic carbocycles. The molecule has 0 aliphatic carbocycles. The van der Waals surface area contributed by atoms with E-state index in [0.717, 1.165) is 0 Å². The second kappa shape index (κ2) is 5.57. The zero-order chi connectivity index (χ0) is 14.9. The van der Waals surface area contributed by atoms with E-state index in [4.69, 9.17) is 15.6 Å². The SMILES string of the molecule is N[C@H]1[C@@H](O)[C@H](O)[C@@H](CO)O[C@@]1(O)C(=O)c1ccccc1. The van der Waals surface area contributed by atoms with Gasteiger partial charge in [-0.1, -0.05) is 30.3 Å². The number of hydrogen-bond donors (Lipinski definition) is 5. The monoisotopic (exact) mass is 283 g/mol. The molecule has 7 heteroatoms. The number of carbonyl (C=O) groups is 1. The van der Waals surface area contributed by atoms with Gasteiger partial charge in [0.05, 0.1) is 12.6 Å². The molecule has 1 saturated heterocycles. The largest absolute Gasteiger partial charge is 0.394 e. The van der Waals surface area contributed by atoms with E-state index < -0.39 is 42.5 Å². The number of ether oxygens (including phenoxy) is 1. The minimum atomic E-state index is -2.51. The van der Waals surface area contributed by atoms with Crippen molar-refractivity contribution in [2.45, 2.75) is 30.1 Å². The van der Waals surface area contributed by atoms with Crippen LogP contribution in [0.15, 0.2) is 30.3 Å². The predicted molar refractivity (Wildman–Crippen MR) is 67.7 cm³/mol. The van der Waals surface area contributed by atoms with Crippen molar-refractivity contribution in [2.24, 2.45) is 5.73 Å². The first kappa shape index (κ1) is 15.0. The highest BCUT2D eigenvalue weighted by atomic mass is 16.7. The standard InChI is InChI=1S/C13H17NO6/c14-11-10(17)9(16)8(6-15)20-13(11,19)12(18)7-4-2-1-3-5-7/h1-5,8-11,15-17,19H,6,14H2/t8-,9-,10+,11+,13-/m1/s1. The van der Waals surface area contributed by atoms with Gasteiger partial charge in [0.2, 0.25) is 11.6 Å². The summed E-state index contributed by atoms with van der Waals surface area (Å²) in [6.07, 6.45) is -4.39. The molecule has 2 rings (SSSR count). The fourth-order valence-corrected chi connectivity index (χ4v) is 2.19. The lowest BCUT2D eigenvalue weighted by Crippen LogP contribution is -2.71. The molecule has 0 radical (unpaired) electrons. The molecule has 1 fully saturated rings. The molecule has 0 unspecified atom stereocenters. The van der Waals surface area contributed by atoms with Crippen LogP contribution < -0.4 is 5.73 Å². The van der Waals surface area contributed by atoms with Gasteiger partial charge in [-0.3, -0.25) is 4.79 Å². The van der Waals surface area contributed by atoms with Crippen LogP contribution in [0.5, 0.6) is 0 Å². The van der Waals surface area contributed by atoms with Crippen molar-refractivity contribution in [1.29, 1.82) is 0 Å². The van der Waals surface area contributed by atoms with Gasteiger partial charge in [-0.15, -0.1) is 0 Å². The van der Waals surface area contributed by atoms with Crippen LogP contribution in [0.1, 0.15) is 10.4 Å². The number of Topliss-reactive ketones (excluding diaryl/α,β-unsaturated/α-hetero) is 1. The maximum Gasteiger partial charge on any atom is 0.250 e. The van der Waals surface area contributed by atoms with Crippen LogP contribution in [0.25, 0.3) is 0 Å². The Kier molecular flexibility index (Phi) is 4.19. The van der Waals surface area contributed by atoms with E-state index in [1.165, 1.54) is 12.1 Å². The highest BCUT2D eigenvalue weighted by molar-refractivity contribution is 6.02. The van der Waals surface area contributed by atoms with Crippen molar-refractivity contribution < 1.29 is 30.0 Å². The summed E-state index contributed by atoms with van der Waals surface area (Å²) in [6, 6.07) is 6.27. The molecule has 110 valence electrons. The minimum Gasteiger partial charge on any atom is -0.394 e. The van der Waals surface area contributed by atoms with Crippen LogP contribution in [-0.2, 0) is 4.74 Å². The third kappa shape index (κ3) is 2.35. The molecule has 0 aromatic heterocycles. The molecule has 6 N–H and O–H groups in total. The number of ketones is 1. The van der Waals surface area contributed by atoms with Crippen LogP contribution >= 0.6 is 0 Å². The quantitative estimate of drug-likeness (QED) is 0.405. The van der Waals surface area contributed by atoms with Crippen LogP contribution in [0.4, 0.5) is 0 Å². The van der Waals surface area contributed by atoms with Crippen LogP contribution in [0, 0.1) is 0 Å². The number of nitrogens with two attached hydrogens (primary N) is 1. The van der Waals surface area contributed by atoms with Gasteiger partial charge in [-0.25, -0.2) is 0 Å². The second-order valence-corrected chi connectivity index (χ2v) is 4.74. The summed E-state index contributed by atoms with van der Waals surface area (Å²) in [5, 5.41) is 38.9. The topological polar surface area (TPSA) is 133 Å². The van der Waals surface area contributed by atoms with Crippen molar-refractivity contribution in [3.05, 3.63) is 35.9 Å². The summed E-state index contributed by atoms with van der Waals surface area (Å²) < 4.78 is 5.06. The van der Waals surface area contributed by atoms with Crippen molar-refractivity contribution in [2.75, 3.05) is 6.61 Å². The molecular weight excluding hydrogens is 266 g/mol. The van der Waals surface area contributed by atoms with Crippen LogP contribution in [0.2, 0.25) is 0 Å². The van der Waals surface area contributed by atoms with Gasteiger partial charge in [0.1, 0.15) is 18.3 Å². The lowest BCUT2D eigenvalue weighted by molar-refractivity contribution is -0.286. The highest BCUT2D eigenvalue weighted by Gasteiger charge is 2.55. The molecule has 7 nitrogen and oxygen atoms in total. The molecule has 1 aromatic rings. The second-order valence-electron chi connectivity index (χ2n) is 4.74. The Morgan fingerprint density at radius 1 is 1.25 bits per heavy atom. The number of hydrogen-bond acceptors (Lipinski definition) is 7. The Labute approximate surface area is 115 Å². The summed E-state index contributed by atoms with van der Waals surface area (Å²) in [7, 11) is 0. The maximum absolute atomic E-state index is 12.3. The van der Waals surface area contributed by atoms with Gasteiger partial charge in [0.25, 0.3) is 0 Å². The van der Waals surface area contributed by atoms with Gasteiger partial charge in [0, 0.05) is 5.56 Å². The average Bonchev–Trinajstić information content (AvgIpc) is 2.49. The molecule has 5 atom stereocenters. The van der Waals surface area contributed by atoms with Gasteiger partial charge < -0.3 is 30.9 Å². The fraction of sp³-hybridized carbons (Fsp3) is 0.462. The zero-order valence-corrected chi connectivity index (χ0v) is 10.6. The van der Waals surface area contributed by atoms with E-state index in [1.807, 2.05) is 0 Å². The minimum absolute atomic E-state index is 0.144. The Bertz CT molecular complexity index is 479. The third-order valence-corrected chi connectivity index (χ3v) is 3.42. The molecule has 0 spiro atoms. The predicted octanol–water partition coefficient (Wildman–Crippen LogP) is -2.00. The smallest absolute Gasteiger partial charge is 0.250 e. The average molecular weight is 283 g/mol. The number of aliphatic hydroxyl groups is 4. The van der Waals surface area contributed by atoms with Crippen molar-refractivity contribution in [3.63, 3.8) is 0 Å². The summed E-state index contributed by atoms with van der Waals surface area (Å²) in [6.45, 7) is -0.671. The summed E-state index contributed by atoms with van der Waals surface area (Å²) >= 11 is 0. The first-order chi connectivity index (χ1) is 9.41. The van der Waals surface area contributed by atoms with E-state index in [9.17, 15) is 20.1 Å². The maximum atomic E-state index is 12.3. The van der Waals surface area contributed by atoms with Crippen LogP contribution in [0.3, 0.4) is 0 Å². The Balaban J connectivity index is 2.34. The summed E-state index contributed by atoms with van der Waals surface area (Å²) in [5.74, 6) is -3.34. The van der Waals surface area contributed by atoms with E-state index >= 15 is 0 Å². The van der Waals surface area contributed by atoms with Crippen molar-refractivity contribution >= 4 is 5.78 Å². The van der Waals surface area contributed by atoms with Crippen molar-refractivity contribution in [1.82, 2.24) is 0 Å². The Hall–Kier alpha value is -1.35. The van der Waals surface area contributed by atoms with Crippen molar-refractivity contribution in [3.8, 4) is 0 Å². The van der Waals surface area contributed by atoms with Gasteiger partial charge >= 0.3 is 0 Å². The van der Waals surface area contributed by atoms with Crippen LogP contribution in [-0.4, -0.2) is 63.0 Å². The molecule has 0 amide bonds. The number of aliphatic hydroxyl groups excluding tert-OH is 3. The molecule has 1 heterocycles. The van der Waals surface area contributed by atoms with E-state index in [2.05, 4.69) is 0 Å². The molecule has 1 aliphatic rings. The van der Waals surface area contributed by atoms with E-state index in [-0.39, 0.29) is 5.56 Å². The van der Waals surface area contributed by atoms with E-state index in [0.29, 0.717) is 0 Å². The molecule has 20 heavy (non-hydrogen) atoms. The summed E-state index contributed by atoms with van der Waals surface area (Å²) in [4.78, 5) is 12.3. The third-order valence-electron chi connectivity index (χ3n) is 3.42. The molecular formula is C13H17NO6. The highest BCUT2D eigenvalue weighted by Crippen LogP contribution is 2.29. The zero-order valence-electron chi connectivity index (χ0n) is 10.6. The Morgan fingerprint density at radius 3 is 2.40 bits per heavy atom. The lowest BCUT2D eigenvalue weighted by Gasteiger charge is -2.45. The van der Waals surface area contributed by atoms with Gasteiger partial charge in [-0.2, -0.15) is 0 Å². The summed E-state index contributed by atoms with van der Waals surface area (Å²) in [5.41, 5.74) is 5.76. The van der Waals surface area contributed by atoms with Gasteiger partial charge in [-0.05, 0) is 0 Å². The first-order valence-corrected chi connectivity index (χ1v) is 6.14. The molecule has 0 saturated carbocycles. The first-order valence-electron chi connectivity index (χ1n) is 6.14. The molecule has 0 bridgehead atoms. The Morgan fingerprint density at radius 2 is 1.85 bits per heavy atom. The normalized spacial score (nSPS) is 37.6. The fourth-order valence-electron chi connectivity index (χ4n) is 2.19. The van der Waals surface area contributed by atoms with E-state index in [1.54, 1.807) is 18.2 Å². The molecule has 1 aliphatic heterocycles.